The molecule has 2 aromatic rings. The first-order valence-electron chi connectivity index (χ1n) is 10.6. The number of hydrogen-bond acceptors (Lipinski definition) is 6. The lowest BCUT2D eigenvalue weighted by atomic mass is 10.0. The second-order valence-corrected chi connectivity index (χ2v) is 8.87. The number of anilines is 1. The van der Waals surface area contributed by atoms with Crippen molar-refractivity contribution in [2.45, 2.75) is 62.5 Å². The molecule has 3 N–H and O–H groups in total. The average molecular weight is 488 g/mol. The Morgan fingerprint density at radius 1 is 1.29 bits per heavy atom. The molecule has 0 unspecified atom stereocenters. The van der Waals surface area contributed by atoms with Crippen molar-refractivity contribution in [2.24, 2.45) is 7.05 Å². The average Bonchev–Trinajstić information content (AvgIpc) is 3.09. The summed E-state index contributed by atoms with van der Waals surface area (Å²) < 4.78 is 62.2. The molecule has 0 radical (unpaired) electrons. The number of carbonyl (C=O) groups is 2. The van der Waals surface area contributed by atoms with E-state index in [0.717, 1.165) is 23.6 Å². The van der Waals surface area contributed by atoms with Gasteiger partial charge in [0.1, 0.15) is 18.0 Å². The number of hydrogen-bond donors (Lipinski definition) is 3. The van der Waals surface area contributed by atoms with Crippen molar-refractivity contribution in [3.8, 4) is 5.88 Å². The second-order valence-electron chi connectivity index (χ2n) is 8.87. The van der Waals surface area contributed by atoms with E-state index in [1.165, 1.54) is 13.1 Å². The molecule has 3 atom stereocenters. The first-order valence-corrected chi connectivity index (χ1v) is 10.6. The first kappa shape index (κ1) is 23.8. The molecule has 2 aliphatic rings. The Morgan fingerprint density at radius 2 is 2.03 bits per heavy atom. The maximum Gasteiger partial charge on any atom is 0.422 e. The van der Waals surface area contributed by atoms with E-state index in [4.69, 9.17) is 4.74 Å². The summed E-state index contributed by atoms with van der Waals surface area (Å²) in [7, 11) is 1.38. The molecule has 2 heterocycles. The molecule has 2 aromatic heterocycles. The third-order valence-corrected chi connectivity index (χ3v) is 5.85. The Labute approximate surface area is 191 Å². The van der Waals surface area contributed by atoms with Crippen LogP contribution in [0, 0.1) is 0 Å². The van der Waals surface area contributed by atoms with E-state index in [1.807, 2.05) is 6.92 Å². The Balaban J connectivity index is 1.32. The standard InChI is InChI=1S/C20H24F4N6O4/c1-19(3-4-19)26-18(32)34-14-6-10(5-11(14)21)12-7-15(28-27-12)25-17(31)13-8-16(29-30(13)2)33-9-20(22,23)24/h7-8,10-11,14H,3-6,9H2,1-2H3,(H,26,32)(H2,25,27,28,31)/t10-,11+,14-/m1/s1. The van der Waals surface area contributed by atoms with E-state index in [-0.39, 0.29) is 41.7 Å². The highest BCUT2D eigenvalue weighted by Gasteiger charge is 2.42. The molecule has 2 aliphatic carbocycles. The summed E-state index contributed by atoms with van der Waals surface area (Å²) >= 11 is 0. The monoisotopic (exact) mass is 488 g/mol. The summed E-state index contributed by atoms with van der Waals surface area (Å²) in [6.07, 6.45) is -5.31. The van der Waals surface area contributed by atoms with Gasteiger partial charge in [-0.3, -0.25) is 14.6 Å². The number of halogens is 4. The van der Waals surface area contributed by atoms with E-state index >= 15 is 0 Å². The van der Waals surface area contributed by atoms with Gasteiger partial charge in [-0.2, -0.15) is 18.3 Å². The van der Waals surface area contributed by atoms with Crippen molar-refractivity contribution in [2.75, 3.05) is 11.9 Å². The zero-order chi connectivity index (χ0) is 24.7. The predicted molar refractivity (Wildman–Crippen MR) is 109 cm³/mol. The molecule has 4 rings (SSSR count). The van der Waals surface area contributed by atoms with Gasteiger partial charge in [-0.05, 0) is 32.6 Å². The van der Waals surface area contributed by atoms with Crippen LogP contribution >= 0.6 is 0 Å². The van der Waals surface area contributed by atoms with E-state index in [2.05, 4.69) is 30.7 Å². The molecule has 10 nitrogen and oxygen atoms in total. The molecule has 0 aliphatic heterocycles. The number of rotatable bonds is 7. The van der Waals surface area contributed by atoms with Gasteiger partial charge in [-0.1, -0.05) is 0 Å². The van der Waals surface area contributed by atoms with Crippen molar-refractivity contribution >= 4 is 17.8 Å². The second kappa shape index (κ2) is 8.80. The fourth-order valence-corrected chi connectivity index (χ4v) is 3.72. The highest BCUT2D eigenvalue weighted by atomic mass is 19.4. The maximum absolute atomic E-state index is 14.5. The zero-order valence-electron chi connectivity index (χ0n) is 18.4. The lowest BCUT2D eigenvalue weighted by molar-refractivity contribution is -0.154. The number of alkyl carbamates (subject to hydrolysis) is 1. The van der Waals surface area contributed by atoms with Gasteiger partial charge in [0.25, 0.3) is 5.91 Å². The number of carbonyl (C=O) groups excluding carboxylic acids is 2. The molecule has 0 bridgehead atoms. The number of aromatic amines is 1. The van der Waals surface area contributed by atoms with E-state index in [0.29, 0.717) is 5.69 Å². The molecule has 0 spiro atoms. The molecular weight excluding hydrogens is 464 g/mol. The number of H-pyrrole nitrogens is 1. The van der Waals surface area contributed by atoms with Crippen molar-refractivity contribution in [3.05, 3.63) is 23.5 Å². The molecule has 186 valence electrons. The number of aryl methyl sites for hydroxylation is 1. The quantitative estimate of drug-likeness (QED) is 0.515. The molecule has 0 aromatic carbocycles. The minimum absolute atomic E-state index is 0.0461. The van der Waals surface area contributed by atoms with Gasteiger partial charge in [-0.15, -0.1) is 5.10 Å². The topological polar surface area (TPSA) is 123 Å². The van der Waals surface area contributed by atoms with Crippen molar-refractivity contribution in [3.63, 3.8) is 0 Å². The molecular formula is C20H24F4N6O4. The fraction of sp³-hybridized carbons (Fsp3) is 0.600. The first-order chi connectivity index (χ1) is 15.9. The van der Waals surface area contributed by atoms with E-state index < -0.39 is 37.1 Å². The van der Waals surface area contributed by atoms with Crippen molar-refractivity contribution in [1.82, 2.24) is 25.3 Å². The van der Waals surface area contributed by atoms with Gasteiger partial charge in [0.2, 0.25) is 5.88 Å². The lowest BCUT2D eigenvalue weighted by Gasteiger charge is -2.17. The number of nitrogens with one attached hydrogen (secondary N) is 3. The number of ether oxygens (including phenoxy) is 2. The van der Waals surface area contributed by atoms with Gasteiger partial charge in [0.15, 0.2) is 12.4 Å². The van der Waals surface area contributed by atoms with Crippen LogP contribution in [0.2, 0.25) is 0 Å². The highest BCUT2D eigenvalue weighted by molar-refractivity contribution is 6.02. The molecule has 34 heavy (non-hydrogen) atoms. The zero-order valence-corrected chi connectivity index (χ0v) is 18.4. The van der Waals surface area contributed by atoms with Crippen LogP contribution in [0.25, 0.3) is 0 Å². The number of amides is 2. The molecule has 14 heteroatoms. The normalized spacial score (nSPS) is 23.4. The summed E-state index contributed by atoms with van der Waals surface area (Å²) in [6, 6.07) is 2.61. The van der Waals surface area contributed by atoms with Crippen LogP contribution in [0.4, 0.5) is 28.2 Å². The fourth-order valence-electron chi connectivity index (χ4n) is 3.72. The molecule has 2 fully saturated rings. The smallest absolute Gasteiger partial charge is 0.422 e. The van der Waals surface area contributed by atoms with Crippen LogP contribution in [0.1, 0.15) is 54.7 Å². The Morgan fingerprint density at radius 3 is 2.71 bits per heavy atom. The largest absolute Gasteiger partial charge is 0.467 e. The van der Waals surface area contributed by atoms with Crippen LogP contribution in [-0.2, 0) is 11.8 Å². The van der Waals surface area contributed by atoms with Gasteiger partial charge >= 0.3 is 12.3 Å². The number of aromatic nitrogens is 4. The Kier molecular flexibility index (Phi) is 6.16. The van der Waals surface area contributed by atoms with Gasteiger partial charge < -0.3 is 20.1 Å². The number of nitrogens with zero attached hydrogens (tertiary/aromatic N) is 3. The minimum atomic E-state index is -4.53. The van der Waals surface area contributed by atoms with Crippen LogP contribution in [-0.4, -0.2) is 62.6 Å². The Hall–Kier alpha value is -3.32. The molecule has 0 saturated heterocycles. The highest BCUT2D eigenvalue weighted by Crippen LogP contribution is 2.39. The number of alkyl halides is 4. The van der Waals surface area contributed by atoms with E-state index in [9.17, 15) is 27.2 Å². The van der Waals surface area contributed by atoms with Crippen molar-refractivity contribution in [1.29, 1.82) is 0 Å². The Bertz CT molecular complexity index is 1060. The predicted octanol–water partition coefficient (Wildman–Crippen LogP) is 3.20. The summed E-state index contributed by atoms with van der Waals surface area (Å²) in [4.78, 5) is 24.5. The van der Waals surface area contributed by atoms with Gasteiger partial charge in [0, 0.05) is 36.3 Å². The van der Waals surface area contributed by atoms with Crippen LogP contribution in [0.5, 0.6) is 5.88 Å². The van der Waals surface area contributed by atoms with Crippen molar-refractivity contribution < 1.29 is 36.6 Å². The summed E-state index contributed by atoms with van der Waals surface area (Å²) in [5, 5.41) is 15.7. The van der Waals surface area contributed by atoms with Gasteiger partial charge in [0.05, 0.1) is 0 Å². The summed E-state index contributed by atoms with van der Waals surface area (Å²) in [5.74, 6) is -1.19. The third kappa shape index (κ3) is 5.78. The summed E-state index contributed by atoms with van der Waals surface area (Å²) in [6.45, 7) is 0.359. The lowest BCUT2D eigenvalue weighted by Crippen LogP contribution is -2.38. The minimum Gasteiger partial charge on any atom is -0.467 e. The van der Waals surface area contributed by atoms with E-state index in [1.54, 1.807) is 0 Å². The van der Waals surface area contributed by atoms with Gasteiger partial charge in [-0.25, -0.2) is 9.18 Å². The molecule has 2 amide bonds. The maximum atomic E-state index is 14.5. The SMILES string of the molecule is Cn1nc(OCC(F)(F)F)cc1C(=O)Nc1cc([C@@H]2C[C@H](F)[C@H](OC(=O)NC3(C)CC3)C2)[nH]n1. The third-order valence-electron chi connectivity index (χ3n) is 5.85. The van der Waals surface area contributed by atoms with Crippen LogP contribution in [0.3, 0.4) is 0 Å². The molecule has 2 saturated carbocycles. The van der Waals surface area contributed by atoms with Crippen LogP contribution < -0.4 is 15.4 Å². The van der Waals surface area contributed by atoms with Crippen LogP contribution in [0.15, 0.2) is 12.1 Å². The summed E-state index contributed by atoms with van der Waals surface area (Å²) in [5.41, 5.74) is 0.240.